The first-order valence-corrected chi connectivity index (χ1v) is 7.37. The molecule has 106 valence electrons. The van der Waals surface area contributed by atoms with Crippen LogP contribution in [-0.2, 0) is 4.74 Å². The van der Waals surface area contributed by atoms with E-state index in [0.29, 0.717) is 21.1 Å². The van der Waals surface area contributed by atoms with Gasteiger partial charge in [0.15, 0.2) is 0 Å². The van der Waals surface area contributed by atoms with Gasteiger partial charge in [0.25, 0.3) is 0 Å². The Hall–Kier alpha value is -1.34. The van der Waals surface area contributed by atoms with Crippen molar-refractivity contribution >= 4 is 54.4 Å². The number of hydrogen-bond donors (Lipinski definition) is 1. The molecule has 2 aromatic rings. The summed E-state index contributed by atoms with van der Waals surface area (Å²) in [5, 5.41) is 0.569. The lowest BCUT2D eigenvalue weighted by Crippen LogP contribution is -2.09. The number of carbonyl (C=O) groups excluding carboxylic acids is 1. The van der Waals surface area contributed by atoms with Gasteiger partial charge in [-0.3, -0.25) is 4.98 Å². The predicted molar refractivity (Wildman–Crippen MR) is 84.1 cm³/mol. The lowest BCUT2D eigenvalue weighted by atomic mass is 10.1. The van der Waals surface area contributed by atoms with Crippen LogP contribution >= 0.6 is 31.9 Å². The van der Waals surface area contributed by atoms with Gasteiger partial charge in [-0.1, -0.05) is 0 Å². The van der Waals surface area contributed by atoms with Crippen LogP contribution in [0.5, 0.6) is 5.75 Å². The third-order valence-electron chi connectivity index (χ3n) is 2.74. The highest BCUT2D eigenvalue weighted by Gasteiger charge is 2.20. The fraction of sp³-hybridized carbons (Fsp3) is 0.231. The second kappa shape index (κ2) is 5.97. The summed E-state index contributed by atoms with van der Waals surface area (Å²) >= 11 is 6.82. The van der Waals surface area contributed by atoms with Crippen LogP contribution in [0.1, 0.15) is 17.3 Å². The minimum Gasteiger partial charge on any atom is -0.495 e. The fourth-order valence-electron chi connectivity index (χ4n) is 1.87. The van der Waals surface area contributed by atoms with Gasteiger partial charge in [0.1, 0.15) is 11.3 Å². The molecule has 1 aromatic heterocycles. The summed E-state index contributed by atoms with van der Waals surface area (Å²) in [5.41, 5.74) is 7.23. The zero-order chi connectivity index (χ0) is 14.9. The van der Waals surface area contributed by atoms with Gasteiger partial charge in [-0.2, -0.15) is 0 Å². The lowest BCUT2D eigenvalue weighted by molar-refractivity contribution is 0.0527. The highest BCUT2D eigenvalue weighted by Crippen LogP contribution is 2.41. The topological polar surface area (TPSA) is 74.4 Å². The quantitative estimate of drug-likeness (QED) is 0.793. The molecule has 0 saturated carbocycles. The zero-order valence-electron chi connectivity index (χ0n) is 10.9. The molecule has 2 rings (SSSR count). The van der Waals surface area contributed by atoms with E-state index in [1.165, 1.54) is 13.3 Å². The van der Waals surface area contributed by atoms with Crippen molar-refractivity contribution in [1.82, 2.24) is 4.98 Å². The van der Waals surface area contributed by atoms with Crippen molar-refractivity contribution in [3.8, 4) is 5.75 Å². The van der Waals surface area contributed by atoms with E-state index < -0.39 is 5.97 Å². The third-order valence-corrected chi connectivity index (χ3v) is 3.94. The Morgan fingerprint density at radius 3 is 2.70 bits per heavy atom. The second-order valence-electron chi connectivity index (χ2n) is 3.90. The Labute approximate surface area is 132 Å². The van der Waals surface area contributed by atoms with Gasteiger partial charge in [-0.25, -0.2) is 4.79 Å². The second-order valence-corrected chi connectivity index (χ2v) is 5.61. The molecule has 0 spiro atoms. The highest BCUT2D eigenvalue weighted by atomic mass is 79.9. The van der Waals surface area contributed by atoms with E-state index >= 15 is 0 Å². The van der Waals surface area contributed by atoms with Crippen molar-refractivity contribution in [2.75, 3.05) is 19.5 Å². The van der Waals surface area contributed by atoms with Crippen LogP contribution in [0.25, 0.3) is 10.9 Å². The molecule has 20 heavy (non-hydrogen) atoms. The average Bonchev–Trinajstić information content (AvgIpc) is 2.40. The summed E-state index contributed by atoms with van der Waals surface area (Å²) in [6, 6.07) is 1.82. The molecule has 0 saturated heterocycles. The summed E-state index contributed by atoms with van der Waals surface area (Å²) in [6.45, 7) is 2.01. The molecule has 1 aromatic carbocycles. The Balaban J connectivity index is 2.80. The number of hydrogen-bond acceptors (Lipinski definition) is 5. The van der Waals surface area contributed by atoms with Gasteiger partial charge in [-0.15, -0.1) is 0 Å². The number of esters is 1. The minimum atomic E-state index is -0.502. The van der Waals surface area contributed by atoms with Crippen molar-refractivity contribution in [3.63, 3.8) is 0 Å². The number of carbonyl (C=O) groups is 1. The van der Waals surface area contributed by atoms with E-state index in [1.807, 2.05) is 6.07 Å². The average molecular weight is 404 g/mol. The molecule has 0 aliphatic heterocycles. The number of nitrogen functional groups attached to an aromatic ring is 1. The number of fused-ring (bicyclic) bond motifs is 1. The zero-order valence-corrected chi connectivity index (χ0v) is 14.0. The van der Waals surface area contributed by atoms with E-state index in [9.17, 15) is 4.79 Å². The first-order chi connectivity index (χ1) is 9.51. The largest absolute Gasteiger partial charge is 0.495 e. The monoisotopic (exact) mass is 402 g/mol. The molecule has 0 bridgehead atoms. The minimum absolute atomic E-state index is 0.225. The number of nitrogens with zero attached hydrogens (tertiary/aromatic N) is 1. The first-order valence-electron chi connectivity index (χ1n) is 5.78. The maximum atomic E-state index is 11.9. The van der Waals surface area contributed by atoms with Gasteiger partial charge < -0.3 is 15.2 Å². The molecular formula is C13H12Br2N2O3. The summed E-state index contributed by atoms with van der Waals surface area (Å²) < 4.78 is 11.8. The molecule has 5 nitrogen and oxygen atoms in total. The Bertz CT molecular complexity index is 689. The molecule has 0 unspecified atom stereocenters. The molecule has 0 fully saturated rings. The molecule has 0 radical (unpaired) electrons. The van der Waals surface area contributed by atoms with Crippen LogP contribution in [0.3, 0.4) is 0 Å². The van der Waals surface area contributed by atoms with E-state index in [1.54, 1.807) is 6.92 Å². The van der Waals surface area contributed by atoms with Gasteiger partial charge in [0.2, 0.25) is 0 Å². The van der Waals surface area contributed by atoms with Crippen molar-refractivity contribution < 1.29 is 14.3 Å². The highest BCUT2D eigenvalue weighted by molar-refractivity contribution is 9.11. The summed E-state index contributed by atoms with van der Waals surface area (Å²) in [5.74, 6) is 0.0249. The van der Waals surface area contributed by atoms with E-state index in [0.717, 1.165) is 4.47 Å². The number of nitrogens with two attached hydrogens (primary N) is 1. The van der Waals surface area contributed by atoms with Gasteiger partial charge in [0.05, 0.1) is 34.8 Å². The molecule has 7 heteroatoms. The predicted octanol–water partition coefficient (Wildman–Crippen LogP) is 3.53. The van der Waals surface area contributed by atoms with Crippen LogP contribution in [-0.4, -0.2) is 24.7 Å². The third kappa shape index (κ3) is 2.47. The number of ether oxygens (including phenoxy) is 2. The number of pyridine rings is 1. The molecule has 1 heterocycles. The van der Waals surface area contributed by atoms with Crippen molar-refractivity contribution in [3.05, 3.63) is 26.8 Å². The number of halogens is 2. The number of anilines is 1. The number of methoxy groups -OCH3 is 1. The number of benzene rings is 1. The molecule has 0 amide bonds. The number of aromatic nitrogens is 1. The van der Waals surface area contributed by atoms with Crippen LogP contribution in [0.15, 0.2) is 21.2 Å². The maximum Gasteiger partial charge on any atom is 0.341 e. The lowest BCUT2D eigenvalue weighted by Gasteiger charge is -2.13. The molecule has 0 aliphatic carbocycles. The van der Waals surface area contributed by atoms with Crippen LogP contribution in [0.2, 0.25) is 0 Å². The summed E-state index contributed by atoms with van der Waals surface area (Å²) in [4.78, 5) is 16.1. The Kier molecular flexibility index (Phi) is 4.49. The smallest absolute Gasteiger partial charge is 0.341 e. The first kappa shape index (κ1) is 15.1. The van der Waals surface area contributed by atoms with Crippen molar-refractivity contribution in [2.24, 2.45) is 0 Å². The Morgan fingerprint density at radius 2 is 2.10 bits per heavy atom. The maximum absolute atomic E-state index is 11.9. The Morgan fingerprint density at radius 1 is 1.40 bits per heavy atom. The van der Waals surface area contributed by atoms with E-state index in [4.69, 9.17) is 15.2 Å². The standard InChI is InChI=1S/C13H12Br2N2O3/c1-3-20-13(18)6-5-17-11-7(14)4-8(15)12(19-2)9(11)10(6)16/h4-5H,3H2,1-2H3,(H2,16,17). The SMILES string of the molecule is CCOC(=O)c1cnc2c(Br)cc(Br)c(OC)c2c1N. The van der Waals surface area contributed by atoms with Crippen LogP contribution < -0.4 is 10.5 Å². The van der Waals surface area contributed by atoms with Crippen molar-refractivity contribution in [1.29, 1.82) is 0 Å². The van der Waals surface area contributed by atoms with Gasteiger partial charge in [-0.05, 0) is 44.8 Å². The van der Waals surface area contributed by atoms with E-state index in [2.05, 4.69) is 36.8 Å². The van der Waals surface area contributed by atoms with Crippen molar-refractivity contribution in [2.45, 2.75) is 6.92 Å². The normalized spacial score (nSPS) is 10.6. The molecule has 0 aliphatic rings. The molecular weight excluding hydrogens is 392 g/mol. The molecule has 0 atom stereocenters. The summed E-state index contributed by atoms with van der Waals surface area (Å²) in [7, 11) is 1.53. The molecule has 2 N–H and O–H groups in total. The summed E-state index contributed by atoms with van der Waals surface area (Å²) in [6.07, 6.45) is 1.41. The van der Waals surface area contributed by atoms with Gasteiger partial charge in [0, 0.05) is 10.7 Å². The van der Waals surface area contributed by atoms with Crippen LogP contribution in [0, 0.1) is 0 Å². The van der Waals surface area contributed by atoms with Crippen LogP contribution in [0.4, 0.5) is 5.69 Å². The number of rotatable bonds is 3. The van der Waals surface area contributed by atoms with E-state index in [-0.39, 0.29) is 17.9 Å². The van der Waals surface area contributed by atoms with Gasteiger partial charge >= 0.3 is 5.97 Å². The fourth-order valence-corrected chi connectivity index (χ4v) is 3.30.